The van der Waals surface area contributed by atoms with Gasteiger partial charge in [-0.25, -0.2) is 4.79 Å². The van der Waals surface area contributed by atoms with E-state index in [0.29, 0.717) is 13.8 Å². The fourth-order valence-electron chi connectivity index (χ4n) is 2.42. The summed E-state index contributed by atoms with van der Waals surface area (Å²) in [7, 11) is 0. The number of hydrogen-bond acceptors (Lipinski definition) is 3. The van der Waals surface area contributed by atoms with Crippen LogP contribution in [0, 0.1) is 0 Å². The molecule has 0 aromatic rings. The molecule has 0 aliphatic carbocycles. The highest BCUT2D eigenvalue weighted by atomic mass is 19.4. The van der Waals surface area contributed by atoms with Gasteiger partial charge < -0.3 is 15.2 Å². The summed E-state index contributed by atoms with van der Waals surface area (Å²) in [6, 6.07) is 0. The molecular weight excluding hydrogens is 605 g/mol. The Morgan fingerprint density at radius 2 is 0.974 bits per heavy atom. The summed E-state index contributed by atoms with van der Waals surface area (Å²) in [5.41, 5.74) is -2.41. The van der Waals surface area contributed by atoms with Crippen molar-refractivity contribution in [1.82, 2.24) is 5.32 Å². The molecule has 0 fully saturated rings. The van der Waals surface area contributed by atoms with Crippen molar-refractivity contribution in [3.05, 3.63) is 0 Å². The van der Waals surface area contributed by atoms with E-state index < -0.39 is 91.1 Å². The zero-order valence-corrected chi connectivity index (χ0v) is 18.9. The summed E-state index contributed by atoms with van der Waals surface area (Å²) in [6.45, 7) is 0.573. The van der Waals surface area contributed by atoms with Crippen LogP contribution < -0.4 is 5.32 Å². The van der Waals surface area contributed by atoms with Gasteiger partial charge in [0, 0.05) is 13.0 Å². The first-order chi connectivity index (χ1) is 16.8. The molecule has 0 aliphatic rings. The van der Waals surface area contributed by atoms with Crippen LogP contribution in [0.4, 0.5) is 79.4 Å². The molecule has 2 N–H and O–H groups in total. The van der Waals surface area contributed by atoms with Gasteiger partial charge in [-0.3, -0.25) is 4.79 Å². The average Bonchev–Trinajstić information content (AvgIpc) is 2.70. The first-order valence-corrected chi connectivity index (χ1v) is 9.67. The van der Waals surface area contributed by atoms with Gasteiger partial charge in [0.1, 0.15) is 5.60 Å². The van der Waals surface area contributed by atoms with Crippen molar-refractivity contribution in [2.45, 2.75) is 86.3 Å². The molecule has 0 aromatic carbocycles. The van der Waals surface area contributed by atoms with Gasteiger partial charge in [-0.1, -0.05) is 0 Å². The van der Waals surface area contributed by atoms with E-state index in [1.165, 1.54) is 0 Å². The zero-order chi connectivity index (χ0) is 31.9. The number of hydrogen-bond donors (Lipinski definition) is 2. The smallest absolute Gasteiger partial charge is 0.460 e. The van der Waals surface area contributed by atoms with E-state index in [0.717, 1.165) is 0 Å². The SMILES string of the molecule is CC(C)(CCC(F)(F)C(F)(F)C(F)(F)C(F)(F)C(F)(F)C(F)(F)C(F)(F)C(F)(F)F)OC(=O)NCCC(=O)O. The van der Waals surface area contributed by atoms with Crippen molar-refractivity contribution in [3.8, 4) is 0 Å². The number of aliphatic carboxylic acids is 1. The number of carboxylic acids is 1. The number of carbonyl (C=O) groups is 2. The maximum absolute atomic E-state index is 13.9. The Bertz CT molecular complexity index is 898. The summed E-state index contributed by atoms with van der Waals surface area (Å²) in [5.74, 6) is -58.5. The number of nitrogens with one attached hydrogen (secondary N) is 1. The van der Waals surface area contributed by atoms with Crippen LogP contribution in [0.5, 0.6) is 0 Å². The van der Waals surface area contributed by atoms with Gasteiger partial charge >= 0.3 is 59.7 Å². The Morgan fingerprint density at radius 1 is 0.615 bits per heavy atom. The molecule has 232 valence electrons. The Hall–Kier alpha value is -2.45. The molecule has 0 atom stereocenters. The molecule has 0 aliphatic heterocycles. The monoisotopic (exact) mass is 621 g/mol. The third-order valence-electron chi connectivity index (χ3n) is 4.81. The van der Waals surface area contributed by atoms with Crippen LogP contribution >= 0.6 is 0 Å². The highest BCUT2D eigenvalue weighted by molar-refractivity contribution is 5.70. The van der Waals surface area contributed by atoms with Crippen molar-refractivity contribution >= 4 is 12.1 Å². The molecule has 0 spiro atoms. The van der Waals surface area contributed by atoms with E-state index in [2.05, 4.69) is 4.74 Å². The van der Waals surface area contributed by atoms with Gasteiger partial charge in [0.15, 0.2) is 0 Å². The van der Waals surface area contributed by atoms with E-state index in [4.69, 9.17) is 5.11 Å². The number of halogens is 17. The minimum atomic E-state index is -8.71. The number of alkyl carbamates (subject to hydrolysis) is 1. The van der Waals surface area contributed by atoms with Crippen molar-refractivity contribution in [1.29, 1.82) is 0 Å². The Balaban J connectivity index is 6.13. The fraction of sp³-hybridized carbons (Fsp3) is 0.882. The van der Waals surface area contributed by atoms with Gasteiger partial charge in [0.05, 0.1) is 6.42 Å². The predicted octanol–water partition coefficient (Wildman–Crippen LogP) is 6.76. The lowest BCUT2D eigenvalue weighted by atomic mass is 9.87. The molecule has 0 aromatic heterocycles. The van der Waals surface area contributed by atoms with Gasteiger partial charge in [-0.05, 0) is 20.3 Å². The largest absolute Gasteiger partial charge is 0.481 e. The second-order valence-corrected chi connectivity index (χ2v) is 8.37. The van der Waals surface area contributed by atoms with Crippen LogP contribution in [0.15, 0.2) is 0 Å². The molecule has 0 rings (SSSR count). The Kier molecular flexibility index (Phi) is 9.85. The Labute approximate surface area is 205 Å². The molecule has 0 bridgehead atoms. The maximum atomic E-state index is 13.9. The summed E-state index contributed by atoms with van der Waals surface area (Å²) in [4.78, 5) is 21.7. The lowest BCUT2D eigenvalue weighted by molar-refractivity contribution is -0.462. The molecule has 0 unspecified atom stereocenters. The van der Waals surface area contributed by atoms with E-state index in [1.807, 2.05) is 0 Å². The fourth-order valence-corrected chi connectivity index (χ4v) is 2.42. The van der Waals surface area contributed by atoms with Gasteiger partial charge in [0.25, 0.3) is 0 Å². The quantitative estimate of drug-likeness (QED) is 0.223. The molecule has 22 heteroatoms. The number of carbonyl (C=O) groups excluding carboxylic acids is 1. The average molecular weight is 621 g/mol. The molecule has 0 saturated carbocycles. The number of ether oxygens (including phenoxy) is 1. The highest BCUT2D eigenvalue weighted by Gasteiger charge is 2.95. The van der Waals surface area contributed by atoms with Crippen LogP contribution in [-0.4, -0.2) is 76.9 Å². The van der Waals surface area contributed by atoms with E-state index >= 15 is 0 Å². The van der Waals surface area contributed by atoms with Crippen molar-refractivity contribution in [3.63, 3.8) is 0 Å². The third kappa shape index (κ3) is 6.49. The number of carboxylic acid groups (broad SMARTS) is 1. The maximum Gasteiger partial charge on any atom is 0.460 e. The molecule has 0 radical (unpaired) electrons. The zero-order valence-electron chi connectivity index (χ0n) is 18.9. The first-order valence-electron chi connectivity index (χ1n) is 9.67. The number of amides is 1. The molecule has 0 heterocycles. The highest BCUT2D eigenvalue weighted by Crippen LogP contribution is 2.64. The second-order valence-electron chi connectivity index (χ2n) is 8.37. The minimum Gasteiger partial charge on any atom is -0.481 e. The summed E-state index contributed by atoms with van der Waals surface area (Å²) in [6.07, 6.45) is -14.6. The van der Waals surface area contributed by atoms with Gasteiger partial charge in [-0.15, -0.1) is 0 Å². The normalized spacial score (nSPS) is 15.3. The Morgan fingerprint density at radius 3 is 1.33 bits per heavy atom. The van der Waals surface area contributed by atoms with Crippen LogP contribution in [0.3, 0.4) is 0 Å². The van der Waals surface area contributed by atoms with Crippen LogP contribution in [0.2, 0.25) is 0 Å². The van der Waals surface area contributed by atoms with E-state index in [1.54, 1.807) is 5.32 Å². The van der Waals surface area contributed by atoms with Crippen LogP contribution in [0.1, 0.15) is 33.1 Å². The van der Waals surface area contributed by atoms with Crippen molar-refractivity contribution in [2.24, 2.45) is 0 Å². The summed E-state index contributed by atoms with van der Waals surface area (Å²) in [5, 5.41) is 10.1. The number of rotatable bonds is 13. The summed E-state index contributed by atoms with van der Waals surface area (Å²) < 4.78 is 230. The lowest BCUT2D eigenvalue weighted by Crippen LogP contribution is -2.74. The van der Waals surface area contributed by atoms with E-state index in [-0.39, 0.29) is 0 Å². The number of alkyl halides is 17. The van der Waals surface area contributed by atoms with Gasteiger partial charge in [-0.2, -0.15) is 74.6 Å². The van der Waals surface area contributed by atoms with Gasteiger partial charge in [0.2, 0.25) is 0 Å². The van der Waals surface area contributed by atoms with Crippen LogP contribution in [-0.2, 0) is 9.53 Å². The molecule has 39 heavy (non-hydrogen) atoms. The van der Waals surface area contributed by atoms with Crippen LogP contribution in [0.25, 0.3) is 0 Å². The third-order valence-corrected chi connectivity index (χ3v) is 4.81. The lowest BCUT2D eigenvalue weighted by Gasteiger charge is -2.43. The minimum absolute atomic E-state index is 0.610. The second kappa shape index (κ2) is 10.5. The molecule has 0 saturated heterocycles. The van der Waals surface area contributed by atoms with Crippen molar-refractivity contribution < 1.29 is 94.1 Å². The predicted molar refractivity (Wildman–Crippen MR) is 90.7 cm³/mol. The summed E-state index contributed by atoms with van der Waals surface area (Å²) >= 11 is 0. The molecule has 5 nitrogen and oxygen atoms in total. The first kappa shape index (κ1) is 36.5. The van der Waals surface area contributed by atoms with Crippen molar-refractivity contribution in [2.75, 3.05) is 6.54 Å². The topological polar surface area (TPSA) is 75.6 Å². The molecular formula is C17H16F17NO4. The standard InChI is InChI=1S/C17H16F17NO4/c1-9(2,39-8(38)35-6-3-7(36)37)4-5-10(18,19)11(20,21)12(22,23)13(24,25)14(26,27)15(28,29)16(30,31)17(32,33)34/h3-6H2,1-2H3,(H,35,38)(H,36,37). The molecule has 1 amide bonds. The van der Waals surface area contributed by atoms with E-state index in [9.17, 15) is 84.2 Å².